The fourth-order valence-electron chi connectivity index (χ4n) is 8.15. The standard InChI is InChI=1S/C36H45N5O2/c1-25-15-16-28-31(25)33(38-24-37-28)41-23-36(17-20-39(21-18-36)22-26-10-6-5-7-11-26)32-27(12-8-13-30(32)41)29-14-9-19-40(29)34(42)43-35(2,3)4/h5-8,10-13,24-25,29H,9,14-23H2,1-4H3. The predicted molar refractivity (Wildman–Crippen MR) is 170 cm³/mol. The number of carbonyl (C=O) groups excluding carboxylic acids is 1. The zero-order chi connectivity index (χ0) is 29.8. The van der Waals surface area contributed by atoms with Crippen LogP contribution in [-0.2, 0) is 23.1 Å². The number of carbonyl (C=O) groups is 1. The lowest BCUT2D eigenvalue weighted by atomic mass is 9.71. The minimum atomic E-state index is -0.517. The van der Waals surface area contributed by atoms with Crippen LogP contribution in [-0.4, -0.2) is 57.6 Å². The smallest absolute Gasteiger partial charge is 0.410 e. The molecular formula is C36H45N5O2. The molecule has 2 atom stereocenters. The van der Waals surface area contributed by atoms with Crippen LogP contribution < -0.4 is 4.90 Å². The number of hydrogen-bond donors (Lipinski definition) is 0. The molecule has 1 amide bonds. The van der Waals surface area contributed by atoms with E-state index in [2.05, 4.69) is 70.2 Å². The van der Waals surface area contributed by atoms with Crippen LogP contribution in [0.4, 0.5) is 16.3 Å². The van der Waals surface area contributed by atoms with E-state index in [0.717, 1.165) is 77.1 Å². The van der Waals surface area contributed by atoms with Gasteiger partial charge in [0.15, 0.2) is 0 Å². The molecule has 226 valence electrons. The maximum Gasteiger partial charge on any atom is 0.410 e. The summed E-state index contributed by atoms with van der Waals surface area (Å²) >= 11 is 0. The van der Waals surface area contributed by atoms with Gasteiger partial charge in [-0.2, -0.15) is 0 Å². The highest BCUT2D eigenvalue weighted by atomic mass is 16.6. The number of likely N-dealkylation sites (tertiary alicyclic amines) is 2. The fraction of sp³-hybridized carbons (Fsp3) is 0.528. The lowest BCUT2D eigenvalue weighted by molar-refractivity contribution is 0.0222. The second kappa shape index (κ2) is 10.9. The normalized spacial score (nSPS) is 23.1. The molecule has 43 heavy (non-hydrogen) atoms. The Balaban J connectivity index is 1.28. The number of aromatic nitrogens is 2. The molecule has 0 N–H and O–H groups in total. The summed E-state index contributed by atoms with van der Waals surface area (Å²) in [4.78, 5) is 30.2. The molecule has 0 saturated carbocycles. The molecule has 4 aliphatic rings. The largest absolute Gasteiger partial charge is 0.444 e. The van der Waals surface area contributed by atoms with Gasteiger partial charge in [-0.15, -0.1) is 0 Å². The van der Waals surface area contributed by atoms with Crippen LogP contribution in [0.25, 0.3) is 0 Å². The van der Waals surface area contributed by atoms with Crippen molar-refractivity contribution in [3.63, 3.8) is 0 Å². The number of aryl methyl sites for hydroxylation is 1. The van der Waals surface area contributed by atoms with Crippen molar-refractivity contribution in [3.05, 3.63) is 82.8 Å². The maximum absolute atomic E-state index is 13.4. The molecule has 7 nitrogen and oxygen atoms in total. The first-order chi connectivity index (χ1) is 20.7. The molecule has 3 aromatic rings. The van der Waals surface area contributed by atoms with Gasteiger partial charge in [0, 0.05) is 42.0 Å². The summed E-state index contributed by atoms with van der Waals surface area (Å²) in [6.45, 7) is 12.9. The van der Waals surface area contributed by atoms with Gasteiger partial charge >= 0.3 is 6.09 Å². The number of rotatable bonds is 4. The Kier molecular flexibility index (Phi) is 7.19. The second-order valence-corrected chi connectivity index (χ2v) is 14.2. The van der Waals surface area contributed by atoms with Gasteiger partial charge in [-0.05, 0) is 101 Å². The summed E-state index contributed by atoms with van der Waals surface area (Å²) in [5.41, 5.74) is 7.40. The van der Waals surface area contributed by atoms with Gasteiger partial charge < -0.3 is 14.5 Å². The number of ether oxygens (including phenoxy) is 1. The molecular weight excluding hydrogens is 534 g/mol. The molecule has 0 radical (unpaired) electrons. The SMILES string of the molecule is CC1CCc2ncnc(N3CC4(CCN(Cc5ccccc5)CC4)c4c(C5CCCN5C(=O)OC(C)(C)C)cccc43)c21. The van der Waals surface area contributed by atoms with Crippen molar-refractivity contribution in [3.8, 4) is 0 Å². The van der Waals surface area contributed by atoms with Crippen LogP contribution in [0.15, 0.2) is 54.9 Å². The van der Waals surface area contributed by atoms with Crippen LogP contribution >= 0.6 is 0 Å². The van der Waals surface area contributed by atoms with Gasteiger partial charge in [-0.3, -0.25) is 4.90 Å². The average molecular weight is 580 g/mol. The Morgan fingerprint density at radius 2 is 1.79 bits per heavy atom. The number of nitrogens with zero attached hydrogens (tertiary/aromatic N) is 5. The molecule has 1 aliphatic carbocycles. The molecule has 2 unspecified atom stereocenters. The molecule has 7 heteroatoms. The van der Waals surface area contributed by atoms with Crippen LogP contribution in [0, 0.1) is 0 Å². The zero-order valence-corrected chi connectivity index (χ0v) is 26.2. The molecule has 7 rings (SSSR count). The van der Waals surface area contributed by atoms with Gasteiger partial charge in [-0.25, -0.2) is 14.8 Å². The van der Waals surface area contributed by atoms with E-state index in [-0.39, 0.29) is 17.6 Å². The lowest BCUT2D eigenvalue weighted by Crippen LogP contribution is -2.45. The third kappa shape index (κ3) is 5.20. The second-order valence-electron chi connectivity index (χ2n) is 14.2. The van der Waals surface area contributed by atoms with Gasteiger partial charge in [0.2, 0.25) is 0 Å². The van der Waals surface area contributed by atoms with Crippen molar-refractivity contribution in [2.24, 2.45) is 0 Å². The number of fused-ring (bicyclic) bond motifs is 3. The third-order valence-electron chi connectivity index (χ3n) is 10.2. The zero-order valence-electron chi connectivity index (χ0n) is 26.2. The van der Waals surface area contributed by atoms with E-state index in [1.165, 1.54) is 33.6 Å². The summed E-state index contributed by atoms with van der Waals surface area (Å²) < 4.78 is 5.91. The highest BCUT2D eigenvalue weighted by molar-refractivity contribution is 5.76. The summed E-state index contributed by atoms with van der Waals surface area (Å²) in [5, 5.41) is 0. The minimum Gasteiger partial charge on any atom is -0.444 e. The highest BCUT2D eigenvalue weighted by Crippen LogP contribution is 2.54. The predicted octanol–water partition coefficient (Wildman–Crippen LogP) is 7.28. The molecule has 2 fully saturated rings. The van der Waals surface area contributed by atoms with Crippen molar-refractivity contribution >= 4 is 17.6 Å². The summed E-state index contributed by atoms with van der Waals surface area (Å²) in [5.74, 6) is 1.55. The van der Waals surface area contributed by atoms with E-state index in [0.29, 0.717) is 5.92 Å². The maximum atomic E-state index is 13.4. The van der Waals surface area contributed by atoms with Crippen molar-refractivity contribution < 1.29 is 9.53 Å². The van der Waals surface area contributed by atoms with Crippen LogP contribution in [0.3, 0.4) is 0 Å². The Hall–Kier alpha value is -3.45. The van der Waals surface area contributed by atoms with E-state index >= 15 is 0 Å². The van der Waals surface area contributed by atoms with Gasteiger partial charge in [0.25, 0.3) is 0 Å². The molecule has 1 spiro atoms. The van der Waals surface area contributed by atoms with E-state index in [1.807, 2.05) is 25.7 Å². The van der Waals surface area contributed by atoms with Crippen LogP contribution in [0.5, 0.6) is 0 Å². The number of amides is 1. The highest BCUT2D eigenvalue weighted by Gasteiger charge is 2.49. The Morgan fingerprint density at radius 3 is 2.56 bits per heavy atom. The quantitative estimate of drug-likeness (QED) is 0.324. The van der Waals surface area contributed by atoms with E-state index < -0.39 is 5.60 Å². The van der Waals surface area contributed by atoms with Crippen molar-refractivity contribution in [1.82, 2.24) is 19.8 Å². The van der Waals surface area contributed by atoms with Crippen molar-refractivity contribution in [1.29, 1.82) is 0 Å². The first kappa shape index (κ1) is 28.3. The van der Waals surface area contributed by atoms with Crippen molar-refractivity contribution in [2.75, 3.05) is 31.1 Å². The molecule has 2 saturated heterocycles. The van der Waals surface area contributed by atoms with E-state index in [1.54, 1.807) is 6.33 Å². The number of hydrogen-bond acceptors (Lipinski definition) is 6. The third-order valence-corrected chi connectivity index (χ3v) is 10.2. The fourth-order valence-corrected chi connectivity index (χ4v) is 8.15. The van der Waals surface area contributed by atoms with Gasteiger partial charge in [0.05, 0.1) is 6.04 Å². The number of benzene rings is 2. The average Bonchev–Trinajstić information content (AvgIpc) is 3.71. The number of anilines is 2. The molecule has 2 aromatic carbocycles. The van der Waals surface area contributed by atoms with E-state index in [4.69, 9.17) is 9.72 Å². The van der Waals surface area contributed by atoms with Crippen LogP contribution in [0.2, 0.25) is 0 Å². The van der Waals surface area contributed by atoms with E-state index in [9.17, 15) is 4.79 Å². The molecule has 0 bridgehead atoms. The summed E-state index contributed by atoms with van der Waals surface area (Å²) in [6, 6.07) is 17.6. The minimum absolute atomic E-state index is 0.000974. The van der Waals surface area contributed by atoms with Crippen molar-refractivity contribution in [2.45, 2.75) is 95.7 Å². The monoisotopic (exact) mass is 579 g/mol. The molecule has 3 aliphatic heterocycles. The molecule has 1 aromatic heterocycles. The topological polar surface area (TPSA) is 61.8 Å². The lowest BCUT2D eigenvalue weighted by Gasteiger charge is -2.41. The Bertz CT molecular complexity index is 1490. The number of piperidine rings is 1. The van der Waals surface area contributed by atoms with Gasteiger partial charge in [-0.1, -0.05) is 49.4 Å². The first-order valence-electron chi connectivity index (χ1n) is 16.2. The van der Waals surface area contributed by atoms with Crippen LogP contribution in [0.1, 0.15) is 99.7 Å². The van der Waals surface area contributed by atoms with Gasteiger partial charge in [0.1, 0.15) is 17.7 Å². The molecule has 4 heterocycles. The summed E-state index contributed by atoms with van der Waals surface area (Å²) in [6.07, 6.45) is 7.86. The first-order valence-corrected chi connectivity index (χ1v) is 16.2. The Labute approximate surface area is 256 Å². The Morgan fingerprint density at radius 1 is 1.00 bits per heavy atom. The summed E-state index contributed by atoms with van der Waals surface area (Å²) in [7, 11) is 0.